The minimum absolute atomic E-state index is 0.0622. The number of ether oxygens (including phenoxy) is 1. The van der Waals surface area contributed by atoms with Crippen LogP contribution < -0.4 is 10.2 Å². The van der Waals surface area contributed by atoms with Crippen LogP contribution in [0, 0.1) is 0 Å². The molecular weight excluding hydrogens is 385 g/mol. The monoisotopic (exact) mass is 415 g/mol. The van der Waals surface area contributed by atoms with Crippen LogP contribution in [-0.4, -0.2) is 48.3 Å². The van der Waals surface area contributed by atoms with Crippen molar-refractivity contribution in [3.63, 3.8) is 0 Å². The summed E-state index contributed by atoms with van der Waals surface area (Å²) in [7, 11) is -0.140. The normalized spacial score (nSPS) is 17.6. The lowest BCUT2D eigenvalue weighted by Gasteiger charge is -2.47. The Kier molecular flexibility index (Phi) is 6.72. The van der Waals surface area contributed by atoms with Crippen LogP contribution in [0.15, 0.2) is 65.4 Å². The molecule has 28 heavy (non-hydrogen) atoms. The minimum atomic E-state index is -2.14. The smallest absolute Gasteiger partial charge is 0.199 e. The van der Waals surface area contributed by atoms with Crippen LogP contribution >= 0.6 is 19.4 Å². The molecule has 3 rings (SSSR count). The third kappa shape index (κ3) is 4.23. The summed E-state index contributed by atoms with van der Waals surface area (Å²) in [6.07, 6.45) is 0. The van der Waals surface area contributed by atoms with Crippen LogP contribution in [0.25, 0.3) is 0 Å². The summed E-state index contributed by atoms with van der Waals surface area (Å²) in [4.78, 5) is 2.01. The van der Waals surface area contributed by atoms with Crippen molar-refractivity contribution in [2.45, 2.75) is 25.9 Å². The molecular formula is C22H30N3OPS. The third-order valence-corrected chi connectivity index (χ3v) is 10.2. The zero-order chi connectivity index (χ0) is 20.2. The Morgan fingerprint density at radius 1 is 1.00 bits per heavy atom. The number of rotatable bonds is 3. The summed E-state index contributed by atoms with van der Waals surface area (Å²) in [5, 5.41) is 1.84. The quantitative estimate of drug-likeness (QED) is 0.522. The van der Waals surface area contributed by atoms with Crippen molar-refractivity contribution in [2.24, 2.45) is 4.74 Å². The zero-order valence-electron chi connectivity index (χ0n) is 17.2. The van der Waals surface area contributed by atoms with Crippen LogP contribution in [0.3, 0.4) is 0 Å². The van der Waals surface area contributed by atoms with Gasteiger partial charge in [-0.15, -0.1) is 0 Å². The molecule has 2 aromatic carbocycles. The van der Waals surface area contributed by atoms with Gasteiger partial charge in [0.1, 0.15) is 0 Å². The molecule has 1 aliphatic heterocycles. The molecule has 1 saturated heterocycles. The lowest BCUT2D eigenvalue weighted by atomic mass is 10.3. The molecule has 0 radical (unpaired) electrons. The van der Waals surface area contributed by atoms with Gasteiger partial charge in [0.15, 0.2) is 5.11 Å². The van der Waals surface area contributed by atoms with E-state index in [1.54, 1.807) is 0 Å². The number of hydrogen-bond acceptors (Lipinski definition) is 2. The molecule has 0 N–H and O–H groups in total. The minimum Gasteiger partial charge on any atom is -0.379 e. The van der Waals surface area contributed by atoms with Crippen molar-refractivity contribution in [1.82, 2.24) is 4.67 Å². The first-order valence-corrected chi connectivity index (χ1v) is 11.8. The van der Waals surface area contributed by atoms with Crippen molar-refractivity contribution < 1.29 is 4.74 Å². The lowest BCUT2D eigenvalue weighted by molar-refractivity contribution is 0.0738. The van der Waals surface area contributed by atoms with Gasteiger partial charge in [0.25, 0.3) is 0 Å². The maximum Gasteiger partial charge on any atom is 0.199 e. The number of para-hydroxylation sites is 1. The molecule has 1 atom stereocenters. The van der Waals surface area contributed by atoms with Gasteiger partial charge in [-0.3, -0.25) is 4.67 Å². The molecule has 1 fully saturated rings. The molecule has 0 aliphatic carbocycles. The van der Waals surface area contributed by atoms with E-state index in [-0.39, 0.29) is 5.16 Å². The average molecular weight is 416 g/mol. The molecule has 0 saturated carbocycles. The van der Waals surface area contributed by atoms with E-state index in [1.165, 1.54) is 5.30 Å². The van der Waals surface area contributed by atoms with E-state index >= 15 is 0 Å². The first-order valence-electron chi connectivity index (χ1n) is 9.70. The Hall–Kier alpha value is -1.52. The van der Waals surface area contributed by atoms with Gasteiger partial charge in [0, 0.05) is 36.3 Å². The van der Waals surface area contributed by atoms with E-state index in [4.69, 9.17) is 21.7 Å². The van der Waals surface area contributed by atoms with Gasteiger partial charge < -0.3 is 9.64 Å². The fraction of sp³-hybridized carbons (Fsp3) is 0.409. The van der Waals surface area contributed by atoms with Gasteiger partial charge in [-0.1, -0.05) is 69.3 Å². The van der Waals surface area contributed by atoms with Gasteiger partial charge in [0.2, 0.25) is 0 Å². The van der Waals surface area contributed by atoms with Crippen molar-refractivity contribution in [3.05, 3.63) is 60.7 Å². The van der Waals surface area contributed by atoms with E-state index in [0.29, 0.717) is 5.11 Å². The standard InChI is InChI=1S/C22H30N3OPS/c1-22(2,3)27(20-13-9-6-10-14-20,25-15-17-26-18-16-25)23-21(28)24(4)19-11-7-5-8-12-19/h5-14H,15-18H2,1-4H3. The molecule has 1 unspecified atom stereocenters. The number of benzene rings is 2. The first-order chi connectivity index (χ1) is 13.4. The van der Waals surface area contributed by atoms with Gasteiger partial charge in [-0.25, -0.2) is 4.74 Å². The van der Waals surface area contributed by atoms with Gasteiger partial charge in [-0.05, 0) is 24.4 Å². The summed E-state index contributed by atoms with van der Waals surface area (Å²) < 4.78 is 13.6. The molecule has 2 aromatic rings. The number of morpholine rings is 1. The predicted octanol–water partition coefficient (Wildman–Crippen LogP) is 4.98. The topological polar surface area (TPSA) is 28.1 Å². The fourth-order valence-electron chi connectivity index (χ4n) is 3.68. The molecule has 6 heteroatoms. The zero-order valence-corrected chi connectivity index (χ0v) is 18.9. The van der Waals surface area contributed by atoms with Crippen molar-refractivity contribution in [1.29, 1.82) is 0 Å². The molecule has 0 bridgehead atoms. The number of thiocarbonyl (C=S) groups is 1. The molecule has 150 valence electrons. The SMILES string of the molecule is CN(C(=S)N=P(c1ccccc1)(N1CCOCC1)C(C)(C)C)c1ccccc1. The van der Waals surface area contributed by atoms with Gasteiger partial charge in [-0.2, -0.15) is 0 Å². The van der Waals surface area contributed by atoms with Gasteiger partial charge >= 0.3 is 0 Å². The van der Waals surface area contributed by atoms with E-state index in [9.17, 15) is 0 Å². The lowest BCUT2D eigenvalue weighted by Crippen LogP contribution is -2.43. The number of nitrogens with zero attached hydrogens (tertiary/aromatic N) is 3. The van der Waals surface area contributed by atoms with E-state index in [0.717, 1.165) is 32.0 Å². The summed E-state index contributed by atoms with van der Waals surface area (Å²) in [5.41, 5.74) is 1.05. The molecule has 0 aromatic heterocycles. The van der Waals surface area contributed by atoms with E-state index in [2.05, 4.69) is 67.9 Å². The van der Waals surface area contributed by atoms with Crippen molar-refractivity contribution in [3.8, 4) is 0 Å². The van der Waals surface area contributed by atoms with E-state index < -0.39 is 7.21 Å². The van der Waals surface area contributed by atoms with Crippen LogP contribution in [0.4, 0.5) is 5.69 Å². The van der Waals surface area contributed by atoms with Crippen LogP contribution in [-0.2, 0) is 4.74 Å². The molecule has 4 nitrogen and oxygen atoms in total. The maximum atomic E-state index is 5.87. The highest BCUT2D eigenvalue weighted by atomic mass is 32.1. The Morgan fingerprint density at radius 3 is 2.07 bits per heavy atom. The second kappa shape index (κ2) is 8.87. The molecule has 1 aliphatic rings. The highest BCUT2D eigenvalue weighted by Crippen LogP contribution is 2.62. The van der Waals surface area contributed by atoms with Gasteiger partial charge in [0.05, 0.1) is 20.4 Å². The van der Waals surface area contributed by atoms with Crippen LogP contribution in [0.2, 0.25) is 0 Å². The Balaban J connectivity index is 2.17. The first kappa shape index (κ1) is 21.2. The highest BCUT2D eigenvalue weighted by molar-refractivity contribution is 7.82. The Labute approximate surface area is 174 Å². The third-order valence-electron chi connectivity index (χ3n) is 5.11. The second-order valence-corrected chi connectivity index (χ2v) is 12.1. The fourth-order valence-corrected chi connectivity index (χ4v) is 8.34. The van der Waals surface area contributed by atoms with Crippen LogP contribution in [0.5, 0.6) is 0 Å². The number of hydrogen-bond donors (Lipinski definition) is 0. The number of anilines is 1. The molecule has 0 amide bonds. The van der Waals surface area contributed by atoms with E-state index in [1.807, 2.05) is 30.1 Å². The molecule has 1 heterocycles. The summed E-state index contributed by atoms with van der Waals surface area (Å²) in [5.74, 6) is 0. The average Bonchev–Trinajstić information content (AvgIpc) is 2.72. The summed E-state index contributed by atoms with van der Waals surface area (Å²) in [6, 6.07) is 20.9. The summed E-state index contributed by atoms with van der Waals surface area (Å²) in [6.45, 7) is 10.1. The second-order valence-electron chi connectivity index (χ2n) is 7.95. The summed E-state index contributed by atoms with van der Waals surface area (Å²) >= 11 is 5.87. The highest BCUT2D eigenvalue weighted by Gasteiger charge is 2.42. The van der Waals surface area contributed by atoms with Crippen molar-refractivity contribution in [2.75, 3.05) is 38.3 Å². The molecule has 0 spiro atoms. The Morgan fingerprint density at radius 2 is 1.54 bits per heavy atom. The maximum absolute atomic E-state index is 5.87. The van der Waals surface area contributed by atoms with Crippen molar-refractivity contribution >= 4 is 35.5 Å². The predicted molar refractivity (Wildman–Crippen MR) is 125 cm³/mol. The van der Waals surface area contributed by atoms with Crippen LogP contribution in [0.1, 0.15) is 20.8 Å². The Bertz CT molecular complexity index is 843. The largest absolute Gasteiger partial charge is 0.379 e.